The smallest absolute Gasteiger partial charge is 0.228 e. The lowest BCUT2D eigenvalue weighted by molar-refractivity contribution is -0.118. The number of amides is 1. The highest BCUT2D eigenvalue weighted by Crippen LogP contribution is 2.10. The van der Waals surface area contributed by atoms with Gasteiger partial charge in [0.1, 0.15) is 5.82 Å². The van der Waals surface area contributed by atoms with Gasteiger partial charge in [-0.3, -0.25) is 4.79 Å². The second-order valence-corrected chi connectivity index (χ2v) is 3.64. The molecule has 88 valence electrons. The number of carbonyl (C=O) groups is 1. The van der Waals surface area contributed by atoms with E-state index in [1.807, 2.05) is 0 Å². The molecule has 3 N–H and O–H groups in total. The number of carbonyl (C=O) groups excluding carboxylic acids is 1. The zero-order valence-electron chi connectivity index (χ0n) is 8.94. The third-order valence-electron chi connectivity index (χ3n) is 2.00. The van der Waals surface area contributed by atoms with Gasteiger partial charge in [-0.05, 0) is 12.1 Å². The fourth-order valence-electron chi connectivity index (χ4n) is 1.11. The number of nitrogens with zero attached hydrogens (tertiary/aromatic N) is 1. The number of methoxy groups -OCH3 is 1. The van der Waals surface area contributed by atoms with Crippen molar-refractivity contribution in [2.24, 2.45) is 5.73 Å². The summed E-state index contributed by atoms with van der Waals surface area (Å²) in [4.78, 5) is 15.4. The van der Waals surface area contributed by atoms with Crippen LogP contribution < -0.4 is 11.1 Å². The molecule has 16 heavy (non-hydrogen) atoms. The Balaban J connectivity index is 2.48. The molecule has 1 aromatic heterocycles. The highest BCUT2D eigenvalue weighted by molar-refractivity contribution is 6.30. The Morgan fingerprint density at radius 3 is 2.94 bits per heavy atom. The molecule has 1 amide bonds. The third-order valence-corrected chi connectivity index (χ3v) is 2.23. The van der Waals surface area contributed by atoms with Gasteiger partial charge in [-0.2, -0.15) is 0 Å². The lowest BCUT2D eigenvalue weighted by atomic mass is 10.2. The number of pyridine rings is 1. The van der Waals surface area contributed by atoms with Crippen molar-refractivity contribution in [2.45, 2.75) is 12.5 Å². The summed E-state index contributed by atoms with van der Waals surface area (Å²) in [5, 5.41) is 3.15. The molecule has 6 heteroatoms. The van der Waals surface area contributed by atoms with Crippen molar-refractivity contribution in [2.75, 3.05) is 19.0 Å². The molecule has 0 aliphatic heterocycles. The molecule has 1 heterocycles. The maximum atomic E-state index is 11.5. The molecular formula is C10H14ClN3O2. The number of ether oxygens (including phenoxy) is 1. The van der Waals surface area contributed by atoms with Crippen LogP contribution in [-0.4, -0.2) is 30.6 Å². The minimum absolute atomic E-state index is 0.188. The zero-order valence-corrected chi connectivity index (χ0v) is 9.70. The summed E-state index contributed by atoms with van der Waals surface area (Å²) in [6.07, 6.45) is 1.40. The number of hydrogen-bond acceptors (Lipinski definition) is 4. The lowest BCUT2D eigenvalue weighted by Gasteiger charge is -2.12. The Bertz CT molecular complexity index is 338. The van der Waals surface area contributed by atoms with E-state index in [1.54, 1.807) is 12.1 Å². The quantitative estimate of drug-likeness (QED) is 0.810. The van der Waals surface area contributed by atoms with Gasteiger partial charge in [0, 0.05) is 19.9 Å². The minimum Gasteiger partial charge on any atom is -0.380 e. The van der Waals surface area contributed by atoms with Crippen LogP contribution in [0.5, 0.6) is 0 Å². The molecule has 1 atom stereocenters. The molecule has 5 nitrogen and oxygen atoms in total. The Kier molecular flexibility index (Phi) is 5.18. The van der Waals surface area contributed by atoms with Crippen molar-refractivity contribution in [3.63, 3.8) is 0 Å². The molecule has 0 aliphatic carbocycles. The second kappa shape index (κ2) is 6.42. The molecule has 0 bridgehead atoms. The summed E-state index contributed by atoms with van der Waals surface area (Å²) in [5.74, 6) is 0.272. The standard InChI is InChI=1S/C10H14ClN3O2/c1-16-8(5-12)4-10(15)14-9-3-2-7(11)6-13-9/h2-3,6,8H,4-5,12H2,1H3,(H,13,14,15). The highest BCUT2D eigenvalue weighted by Gasteiger charge is 2.11. The number of rotatable bonds is 5. The van der Waals surface area contributed by atoms with Crippen LogP contribution in [0.2, 0.25) is 5.02 Å². The average molecular weight is 244 g/mol. The molecule has 0 saturated heterocycles. The lowest BCUT2D eigenvalue weighted by Crippen LogP contribution is -2.28. The van der Waals surface area contributed by atoms with Crippen molar-refractivity contribution < 1.29 is 9.53 Å². The molecule has 1 aromatic rings. The van der Waals surface area contributed by atoms with E-state index in [0.29, 0.717) is 17.4 Å². The Hall–Kier alpha value is -1.17. The van der Waals surface area contributed by atoms with Crippen LogP contribution in [0.15, 0.2) is 18.3 Å². The molecule has 0 aliphatic rings. The van der Waals surface area contributed by atoms with E-state index in [-0.39, 0.29) is 18.4 Å². The van der Waals surface area contributed by atoms with Crippen LogP contribution in [0, 0.1) is 0 Å². The van der Waals surface area contributed by atoms with E-state index in [9.17, 15) is 4.79 Å². The zero-order chi connectivity index (χ0) is 12.0. The fourth-order valence-corrected chi connectivity index (χ4v) is 1.23. The normalized spacial score (nSPS) is 12.2. The second-order valence-electron chi connectivity index (χ2n) is 3.21. The van der Waals surface area contributed by atoms with Gasteiger partial charge in [-0.15, -0.1) is 0 Å². The first kappa shape index (κ1) is 12.9. The number of nitrogens with two attached hydrogens (primary N) is 1. The van der Waals surface area contributed by atoms with Crippen LogP contribution in [0.25, 0.3) is 0 Å². The Morgan fingerprint density at radius 1 is 1.69 bits per heavy atom. The van der Waals surface area contributed by atoms with Crippen molar-refractivity contribution in [3.8, 4) is 0 Å². The Morgan fingerprint density at radius 2 is 2.44 bits per heavy atom. The van der Waals surface area contributed by atoms with E-state index in [4.69, 9.17) is 22.1 Å². The summed E-state index contributed by atoms with van der Waals surface area (Å²) >= 11 is 5.67. The molecule has 0 fully saturated rings. The summed E-state index contributed by atoms with van der Waals surface area (Å²) in [6, 6.07) is 3.28. The van der Waals surface area contributed by atoms with Crippen LogP contribution in [0.3, 0.4) is 0 Å². The first-order valence-corrected chi connectivity index (χ1v) is 5.17. The highest BCUT2D eigenvalue weighted by atomic mass is 35.5. The molecule has 1 unspecified atom stereocenters. The van der Waals surface area contributed by atoms with Crippen molar-refractivity contribution >= 4 is 23.3 Å². The number of aromatic nitrogens is 1. The number of nitrogens with one attached hydrogen (secondary N) is 1. The van der Waals surface area contributed by atoms with Crippen molar-refractivity contribution in [1.82, 2.24) is 4.98 Å². The minimum atomic E-state index is -0.271. The molecule has 1 rings (SSSR count). The van der Waals surface area contributed by atoms with Gasteiger partial charge in [-0.1, -0.05) is 11.6 Å². The SMILES string of the molecule is COC(CN)CC(=O)Nc1ccc(Cl)cn1. The monoisotopic (exact) mass is 243 g/mol. The maximum absolute atomic E-state index is 11.5. The van der Waals surface area contributed by atoms with Crippen molar-refractivity contribution in [1.29, 1.82) is 0 Å². The van der Waals surface area contributed by atoms with Gasteiger partial charge < -0.3 is 15.8 Å². The van der Waals surface area contributed by atoms with Gasteiger partial charge in [0.05, 0.1) is 17.5 Å². The number of halogens is 1. The van der Waals surface area contributed by atoms with Gasteiger partial charge in [-0.25, -0.2) is 4.98 Å². The predicted octanol–water partition coefficient (Wildman–Crippen LogP) is 1.04. The summed E-state index contributed by atoms with van der Waals surface area (Å²) < 4.78 is 5.00. The van der Waals surface area contributed by atoms with E-state index >= 15 is 0 Å². The number of anilines is 1. The van der Waals surface area contributed by atoms with Crippen LogP contribution in [-0.2, 0) is 9.53 Å². The van der Waals surface area contributed by atoms with E-state index < -0.39 is 0 Å². The summed E-state index contributed by atoms with van der Waals surface area (Å²) in [6.45, 7) is 0.304. The Labute approximate surface area is 98.9 Å². The third kappa shape index (κ3) is 4.14. The van der Waals surface area contributed by atoms with Gasteiger partial charge in [0.2, 0.25) is 5.91 Å². The van der Waals surface area contributed by atoms with E-state index in [0.717, 1.165) is 0 Å². The van der Waals surface area contributed by atoms with Gasteiger partial charge >= 0.3 is 0 Å². The molecule has 0 spiro atoms. The average Bonchev–Trinajstić information content (AvgIpc) is 2.29. The summed E-state index contributed by atoms with van der Waals surface area (Å²) in [7, 11) is 1.52. The van der Waals surface area contributed by atoms with Gasteiger partial charge in [0.15, 0.2) is 0 Å². The fraction of sp³-hybridized carbons (Fsp3) is 0.400. The molecule has 0 aromatic carbocycles. The van der Waals surface area contributed by atoms with Crippen LogP contribution in [0.1, 0.15) is 6.42 Å². The first-order valence-electron chi connectivity index (χ1n) is 4.80. The van der Waals surface area contributed by atoms with E-state index in [1.165, 1.54) is 13.3 Å². The van der Waals surface area contributed by atoms with E-state index in [2.05, 4.69) is 10.3 Å². The first-order chi connectivity index (χ1) is 7.65. The maximum Gasteiger partial charge on any atom is 0.228 e. The molecule has 0 saturated carbocycles. The number of hydrogen-bond donors (Lipinski definition) is 2. The largest absolute Gasteiger partial charge is 0.380 e. The van der Waals surface area contributed by atoms with Crippen LogP contribution >= 0.6 is 11.6 Å². The summed E-state index contributed by atoms with van der Waals surface area (Å²) in [5.41, 5.74) is 5.41. The topological polar surface area (TPSA) is 77.2 Å². The molecule has 0 radical (unpaired) electrons. The predicted molar refractivity (Wildman–Crippen MR) is 62.3 cm³/mol. The van der Waals surface area contributed by atoms with Crippen molar-refractivity contribution in [3.05, 3.63) is 23.4 Å². The molecular weight excluding hydrogens is 230 g/mol. The van der Waals surface area contributed by atoms with Crippen LogP contribution in [0.4, 0.5) is 5.82 Å². The van der Waals surface area contributed by atoms with Gasteiger partial charge in [0.25, 0.3) is 0 Å².